The number of hydrogen-bond donors (Lipinski definition) is 0. The van der Waals surface area contributed by atoms with Crippen molar-refractivity contribution < 1.29 is 27.0 Å². The van der Waals surface area contributed by atoms with Gasteiger partial charge in [-0.05, 0) is 39.8 Å². The predicted molar refractivity (Wildman–Crippen MR) is 97.0 cm³/mol. The Kier molecular flexibility index (Phi) is 9.62. The molecule has 6 nitrogen and oxygen atoms in total. The van der Waals surface area contributed by atoms with Crippen molar-refractivity contribution in [2.75, 3.05) is 33.3 Å². The monoisotopic (exact) mass is 371 g/mol. The van der Waals surface area contributed by atoms with Gasteiger partial charge in [-0.2, -0.15) is 0 Å². The number of esters is 1. The lowest BCUT2D eigenvalue weighted by Crippen LogP contribution is -2.46. The Hall–Kier alpha value is -1.70. The lowest BCUT2D eigenvalue weighted by molar-refractivity contribution is -0.906. The van der Waals surface area contributed by atoms with Gasteiger partial charge in [-0.3, -0.25) is 0 Å². The zero-order valence-electron chi connectivity index (χ0n) is 15.7. The van der Waals surface area contributed by atoms with Crippen LogP contribution in [0.25, 0.3) is 0 Å². The summed E-state index contributed by atoms with van der Waals surface area (Å²) in [6.45, 7) is 14.8. The van der Waals surface area contributed by atoms with E-state index >= 15 is 0 Å². The molecule has 25 heavy (non-hydrogen) atoms. The van der Waals surface area contributed by atoms with Crippen LogP contribution in [0.3, 0.4) is 0 Å². The van der Waals surface area contributed by atoms with Crippen molar-refractivity contribution in [2.24, 2.45) is 0 Å². The minimum atomic E-state index is -4.27. The average molecular weight is 371 g/mol. The molecule has 0 fully saturated rings. The number of hydrogen-bond acceptors (Lipinski definition) is 5. The number of likely N-dealkylation sites (N-methyl/N-ethyl adjacent to an activating group) is 1. The quantitative estimate of drug-likeness (QED) is 0.318. The van der Waals surface area contributed by atoms with Crippen LogP contribution in [0, 0.1) is 6.92 Å². The van der Waals surface area contributed by atoms with E-state index in [0.29, 0.717) is 12.2 Å². The molecule has 1 rings (SSSR count). The second kappa shape index (κ2) is 10.3. The highest BCUT2D eigenvalue weighted by molar-refractivity contribution is 7.85. The Morgan fingerprint density at radius 3 is 2.04 bits per heavy atom. The molecule has 0 bridgehead atoms. The number of quaternary nitrogens is 1. The Morgan fingerprint density at radius 2 is 1.68 bits per heavy atom. The van der Waals surface area contributed by atoms with E-state index in [-0.39, 0.29) is 10.9 Å². The molecule has 0 aromatic heterocycles. The zero-order chi connectivity index (χ0) is 19.7. The van der Waals surface area contributed by atoms with Gasteiger partial charge in [0.05, 0.1) is 25.0 Å². The van der Waals surface area contributed by atoms with Gasteiger partial charge in [0.1, 0.15) is 23.3 Å². The maximum Gasteiger partial charge on any atom is 0.333 e. The van der Waals surface area contributed by atoms with Crippen molar-refractivity contribution in [1.29, 1.82) is 0 Å². The van der Waals surface area contributed by atoms with Crippen LogP contribution in [0.5, 0.6) is 0 Å². The van der Waals surface area contributed by atoms with E-state index in [4.69, 9.17) is 4.74 Å². The molecule has 0 radical (unpaired) electrons. The lowest BCUT2D eigenvalue weighted by atomic mass is 10.2. The molecule has 0 unspecified atom stereocenters. The van der Waals surface area contributed by atoms with Gasteiger partial charge in [-0.15, -0.1) is 0 Å². The zero-order valence-corrected chi connectivity index (χ0v) is 16.6. The summed E-state index contributed by atoms with van der Waals surface area (Å²) in [6.07, 6.45) is 0. The van der Waals surface area contributed by atoms with Crippen LogP contribution in [0.15, 0.2) is 41.3 Å². The van der Waals surface area contributed by atoms with Crippen LogP contribution >= 0.6 is 0 Å². The highest BCUT2D eigenvalue weighted by atomic mass is 32.2. The van der Waals surface area contributed by atoms with Crippen LogP contribution in [-0.4, -0.2) is 56.7 Å². The predicted octanol–water partition coefficient (Wildman–Crippen LogP) is 2.49. The van der Waals surface area contributed by atoms with E-state index in [1.165, 1.54) is 12.1 Å². The van der Waals surface area contributed by atoms with E-state index in [0.717, 1.165) is 29.7 Å². The van der Waals surface area contributed by atoms with Gasteiger partial charge in [0.15, 0.2) is 0 Å². The van der Waals surface area contributed by atoms with Gasteiger partial charge in [0.25, 0.3) is 0 Å². The molecule has 0 spiro atoms. The van der Waals surface area contributed by atoms with Gasteiger partial charge in [0.2, 0.25) is 0 Å². The van der Waals surface area contributed by atoms with Crippen molar-refractivity contribution in [2.45, 2.75) is 32.6 Å². The summed E-state index contributed by atoms with van der Waals surface area (Å²) < 4.78 is 37.1. The number of rotatable bonds is 7. The van der Waals surface area contributed by atoms with Crippen molar-refractivity contribution in [3.05, 3.63) is 42.0 Å². The van der Waals surface area contributed by atoms with Crippen LogP contribution in [0.1, 0.15) is 26.3 Å². The summed E-state index contributed by atoms with van der Waals surface area (Å²) in [6, 6.07) is 5.78. The minimum Gasteiger partial charge on any atom is -0.744 e. The number of nitrogens with zero attached hydrogens (tertiary/aromatic N) is 1. The molecule has 142 valence electrons. The second-order valence-electron chi connectivity index (χ2n) is 6.16. The topological polar surface area (TPSA) is 83.5 Å². The summed E-state index contributed by atoms with van der Waals surface area (Å²) in [7, 11) is -2.11. The summed E-state index contributed by atoms with van der Waals surface area (Å²) in [4.78, 5) is 10.9. The first-order valence-corrected chi connectivity index (χ1v) is 9.54. The van der Waals surface area contributed by atoms with E-state index in [1.54, 1.807) is 19.1 Å². The number of carbonyl (C=O) groups excluding carboxylic acids is 1. The number of ether oxygens (including phenoxy) is 1. The average Bonchev–Trinajstić information content (AvgIpc) is 2.54. The van der Waals surface area contributed by atoms with E-state index in [1.807, 2.05) is 6.92 Å². The van der Waals surface area contributed by atoms with Crippen molar-refractivity contribution in [3.63, 3.8) is 0 Å². The maximum atomic E-state index is 11.1. The summed E-state index contributed by atoms with van der Waals surface area (Å²) >= 11 is 0. The fourth-order valence-corrected chi connectivity index (χ4v) is 2.20. The Morgan fingerprint density at radius 1 is 1.20 bits per heavy atom. The summed E-state index contributed by atoms with van der Waals surface area (Å²) in [5.74, 6) is -0.288. The van der Waals surface area contributed by atoms with Crippen LogP contribution < -0.4 is 0 Å². The molecule has 0 amide bonds. The molecular weight excluding hydrogens is 342 g/mol. The van der Waals surface area contributed by atoms with Crippen molar-refractivity contribution in [1.82, 2.24) is 0 Å². The van der Waals surface area contributed by atoms with Crippen LogP contribution in [0.2, 0.25) is 0 Å². The summed E-state index contributed by atoms with van der Waals surface area (Å²) in [5, 5.41) is 0. The molecule has 7 heteroatoms. The van der Waals surface area contributed by atoms with Crippen LogP contribution in [-0.2, 0) is 19.6 Å². The first-order valence-electron chi connectivity index (χ1n) is 8.14. The molecule has 0 saturated carbocycles. The van der Waals surface area contributed by atoms with Gasteiger partial charge in [-0.25, -0.2) is 13.2 Å². The molecular formula is C18H29NO5S. The molecule has 0 heterocycles. The number of aryl methyl sites for hydroxylation is 1. The van der Waals surface area contributed by atoms with Gasteiger partial charge < -0.3 is 13.8 Å². The normalized spacial score (nSPS) is 11.3. The number of benzene rings is 1. The van der Waals surface area contributed by atoms with Gasteiger partial charge in [-0.1, -0.05) is 24.3 Å². The standard InChI is InChI=1S/C11H22NO2.C7H8O3S/c1-6-12(5,7-2)8-9-14-11(13)10(3)4;1-6-2-4-7(5-3-6)11(8,9)10/h3,6-9H2,1-2,4-5H3;2-5H,1H3,(H,8,9,10)/q+1;/p-1. The lowest BCUT2D eigenvalue weighted by Gasteiger charge is -2.31. The molecule has 0 aliphatic carbocycles. The highest BCUT2D eigenvalue weighted by Gasteiger charge is 2.16. The molecule has 0 aliphatic rings. The van der Waals surface area contributed by atoms with Crippen LogP contribution in [0.4, 0.5) is 0 Å². The third-order valence-corrected chi connectivity index (χ3v) is 4.90. The third-order valence-electron chi connectivity index (χ3n) is 4.05. The molecule has 1 aromatic rings. The smallest absolute Gasteiger partial charge is 0.333 e. The second-order valence-corrected chi connectivity index (χ2v) is 7.54. The van der Waals surface area contributed by atoms with Gasteiger partial charge in [0, 0.05) is 5.57 Å². The number of carbonyl (C=O) groups is 1. The molecule has 0 N–H and O–H groups in total. The van der Waals surface area contributed by atoms with E-state index in [9.17, 15) is 17.8 Å². The molecule has 0 atom stereocenters. The summed E-state index contributed by atoms with van der Waals surface area (Å²) in [5.41, 5.74) is 1.39. The Labute approximate surface area is 151 Å². The molecule has 0 saturated heterocycles. The fourth-order valence-electron chi connectivity index (χ4n) is 1.73. The van der Waals surface area contributed by atoms with Crippen molar-refractivity contribution in [3.8, 4) is 0 Å². The first kappa shape index (κ1) is 23.3. The van der Waals surface area contributed by atoms with E-state index in [2.05, 4.69) is 27.5 Å². The van der Waals surface area contributed by atoms with Gasteiger partial charge >= 0.3 is 5.97 Å². The fraction of sp³-hybridized carbons (Fsp3) is 0.500. The van der Waals surface area contributed by atoms with Crippen molar-refractivity contribution >= 4 is 16.1 Å². The van der Waals surface area contributed by atoms with E-state index < -0.39 is 10.1 Å². The maximum absolute atomic E-state index is 11.1. The Bertz CT molecular complexity index is 661. The Balaban J connectivity index is 0.000000472. The molecule has 1 aromatic carbocycles. The SMILES string of the molecule is C=C(C)C(=O)OCC[N+](C)(CC)CC.Cc1ccc(S(=O)(=O)[O-])cc1. The third kappa shape index (κ3) is 9.38. The first-order chi connectivity index (χ1) is 11.4. The largest absolute Gasteiger partial charge is 0.744 e. The minimum absolute atomic E-state index is 0.178. The molecule has 0 aliphatic heterocycles. The highest BCUT2D eigenvalue weighted by Crippen LogP contribution is 2.08.